The molecule has 0 fully saturated rings. The molecule has 14 heavy (non-hydrogen) atoms. The van der Waals surface area contributed by atoms with Gasteiger partial charge in [-0.1, -0.05) is 15.9 Å². The quantitative estimate of drug-likeness (QED) is 0.839. The number of benzene rings is 1. The van der Waals surface area contributed by atoms with Crippen molar-refractivity contribution in [3.05, 3.63) is 33.5 Å². The maximum Gasteiger partial charge on any atom is 0.164 e. The van der Waals surface area contributed by atoms with Gasteiger partial charge in [0, 0.05) is 27.9 Å². The summed E-state index contributed by atoms with van der Waals surface area (Å²) in [5.74, 6) is -0.885. The number of rotatable bonds is 1. The molecular weight excluding hydrogens is 251 g/mol. The largest absolute Gasteiger partial charge is 0.396 e. The Bertz CT molecular complexity index is 403. The highest BCUT2D eigenvalue weighted by Gasteiger charge is 2.31. The van der Waals surface area contributed by atoms with Crippen molar-refractivity contribution in [3.63, 3.8) is 0 Å². The molecule has 0 amide bonds. The third-order valence-corrected chi connectivity index (χ3v) is 2.91. The molecular formula is C10H8BrFO2. The van der Waals surface area contributed by atoms with Crippen LogP contribution in [0, 0.1) is 5.82 Å². The van der Waals surface area contributed by atoms with Gasteiger partial charge in [0.15, 0.2) is 5.78 Å². The molecule has 0 aromatic heterocycles. The molecule has 0 heterocycles. The number of carbonyl (C=O) groups excluding carboxylic acids is 1. The van der Waals surface area contributed by atoms with Gasteiger partial charge in [-0.25, -0.2) is 4.39 Å². The van der Waals surface area contributed by atoms with Gasteiger partial charge in [0.05, 0.1) is 6.61 Å². The molecule has 1 aromatic carbocycles. The highest BCUT2D eigenvalue weighted by molar-refractivity contribution is 9.10. The molecule has 1 aliphatic rings. The van der Waals surface area contributed by atoms with E-state index in [1.165, 1.54) is 6.07 Å². The molecule has 0 bridgehead atoms. The average molecular weight is 259 g/mol. The summed E-state index contributed by atoms with van der Waals surface area (Å²) < 4.78 is 14.0. The third kappa shape index (κ3) is 1.38. The lowest BCUT2D eigenvalue weighted by Crippen LogP contribution is -2.01. The molecule has 1 atom stereocenters. The van der Waals surface area contributed by atoms with Gasteiger partial charge in [-0.15, -0.1) is 0 Å². The fraction of sp³-hybridized carbons (Fsp3) is 0.300. The first-order chi connectivity index (χ1) is 6.63. The molecule has 0 saturated heterocycles. The number of fused-ring (bicyclic) bond motifs is 1. The van der Waals surface area contributed by atoms with Gasteiger partial charge in [0.2, 0.25) is 0 Å². The van der Waals surface area contributed by atoms with E-state index in [-0.39, 0.29) is 24.7 Å². The van der Waals surface area contributed by atoms with Crippen molar-refractivity contribution < 1.29 is 14.3 Å². The summed E-state index contributed by atoms with van der Waals surface area (Å²) in [6, 6.07) is 2.93. The third-order valence-electron chi connectivity index (χ3n) is 2.46. The lowest BCUT2D eigenvalue weighted by molar-refractivity contribution is 0.0980. The highest BCUT2D eigenvalue weighted by Crippen LogP contribution is 2.36. The Hall–Kier alpha value is -0.740. The Labute approximate surface area is 88.9 Å². The van der Waals surface area contributed by atoms with E-state index in [9.17, 15) is 9.18 Å². The Balaban J connectivity index is 2.62. The van der Waals surface area contributed by atoms with Gasteiger partial charge in [0.1, 0.15) is 5.82 Å². The molecule has 4 heteroatoms. The normalized spacial score (nSPS) is 19.9. The lowest BCUT2D eigenvalue weighted by Gasteiger charge is -2.07. The number of Topliss-reactive ketones (excluding diaryl/α,β-unsaturated/α-hetero) is 1. The van der Waals surface area contributed by atoms with Crippen molar-refractivity contribution in [1.82, 2.24) is 0 Å². The van der Waals surface area contributed by atoms with Crippen LogP contribution in [0.2, 0.25) is 0 Å². The molecule has 0 unspecified atom stereocenters. The molecule has 0 spiro atoms. The summed E-state index contributed by atoms with van der Waals surface area (Å²) in [7, 11) is 0. The predicted molar refractivity (Wildman–Crippen MR) is 52.9 cm³/mol. The number of halogens is 2. The molecule has 2 rings (SSSR count). The highest BCUT2D eigenvalue weighted by atomic mass is 79.9. The fourth-order valence-corrected chi connectivity index (χ4v) is 2.25. The van der Waals surface area contributed by atoms with Crippen LogP contribution in [0.5, 0.6) is 0 Å². The maximum atomic E-state index is 13.5. The van der Waals surface area contributed by atoms with Crippen LogP contribution in [0.15, 0.2) is 16.6 Å². The first-order valence-corrected chi connectivity index (χ1v) is 5.05. The van der Waals surface area contributed by atoms with Gasteiger partial charge in [-0.05, 0) is 12.1 Å². The first-order valence-electron chi connectivity index (χ1n) is 4.26. The SMILES string of the molecule is O=C1C[C@H](CO)c2c(F)cc(Br)cc21. The van der Waals surface area contributed by atoms with E-state index < -0.39 is 5.82 Å². The Morgan fingerprint density at radius 1 is 1.57 bits per heavy atom. The summed E-state index contributed by atoms with van der Waals surface area (Å²) in [6.07, 6.45) is 0.208. The molecule has 1 aliphatic carbocycles. The minimum Gasteiger partial charge on any atom is -0.396 e. The second-order valence-electron chi connectivity index (χ2n) is 3.36. The number of aliphatic hydroxyl groups excluding tert-OH is 1. The van der Waals surface area contributed by atoms with E-state index >= 15 is 0 Å². The Kier molecular flexibility index (Phi) is 2.41. The summed E-state index contributed by atoms with van der Waals surface area (Å²) in [5, 5.41) is 8.99. The van der Waals surface area contributed by atoms with Crippen LogP contribution in [0.25, 0.3) is 0 Å². The minimum absolute atomic E-state index is 0.0979. The van der Waals surface area contributed by atoms with Gasteiger partial charge in [-0.2, -0.15) is 0 Å². The fourth-order valence-electron chi connectivity index (χ4n) is 1.82. The monoisotopic (exact) mass is 258 g/mol. The van der Waals surface area contributed by atoms with Crippen molar-refractivity contribution in [2.24, 2.45) is 0 Å². The van der Waals surface area contributed by atoms with Crippen molar-refractivity contribution in [3.8, 4) is 0 Å². The van der Waals surface area contributed by atoms with Crippen LogP contribution in [-0.2, 0) is 0 Å². The van der Waals surface area contributed by atoms with Gasteiger partial charge >= 0.3 is 0 Å². The second kappa shape index (κ2) is 3.44. The number of ketones is 1. The summed E-state index contributed by atoms with van der Waals surface area (Å²) in [4.78, 5) is 11.4. The molecule has 1 aromatic rings. The zero-order valence-electron chi connectivity index (χ0n) is 7.26. The van der Waals surface area contributed by atoms with Crippen LogP contribution in [0.4, 0.5) is 4.39 Å². The smallest absolute Gasteiger partial charge is 0.164 e. The van der Waals surface area contributed by atoms with E-state index in [1.54, 1.807) is 6.07 Å². The number of hydrogen-bond donors (Lipinski definition) is 1. The zero-order chi connectivity index (χ0) is 10.3. The summed E-state index contributed by atoms with van der Waals surface area (Å²) in [5.41, 5.74) is 0.761. The molecule has 0 aliphatic heterocycles. The number of aliphatic hydroxyl groups is 1. The average Bonchev–Trinajstić information content (AvgIpc) is 2.43. The van der Waals surface area contributed by atoms with Gasteiger partial charge in [0.25, 0.3) is 0 Å². The van der Waals surface area contributed by atoms with E-state index in [1.807, 2.05) is 0 Å². The minimum atomic E-state index is -0.417. The van der Waals surface area contributed by atoms with Crippen molar-refractivity contribution >= 4 is 21.7 Å². The van der Waals surface area contributed by atoms with Crippen LogP contribution >= 0.6 is 15.9 Å². The molecule has 0 saturated carbocycles. The molecule has 2 nitrogen and oxygen atoms in total. The Morgan fingerprint density at radius 2 is 2.29 bits per heavy atom. The second-order valence-corrected chi connectivity index (χ2v) is 4.27. The van der Waals surface area contributed by atoms with E-state index in [0.29, 0.717) is 15.6 Å². The van der Waals surface area contributed by atoms with Crippen LogP contribution in [0.1, 0.15) is 28.3 Å². The maximum absolute atomic E-state index is 13.5. The topological polar surface area (TPSA) is 37.3 Å². The lowest BCUT2D eigenvalue weighted by atomic mass is 10.0. The van der Waals surface area contributed by atoms with Crippen molar-refractivity contribution in [1.29, 1.82) is 0 Å². The summed E-state index contributed by atoms with van der Waals surface area (Å²) >= 11 is 3.13. The van der Waals surface area contributed by atoms with Gasteiger partial charge in [-0.3, -0.25) is 4.79 Å². The molecule has 0 radical (unpaired) electrons. The van der Waals surface area contributed by atoms with E-state index in [4.69, 9.17) is 5.11 Å². The van der Waals surface area contributed by atoms with Crippen LogP contribution in [0.3, 0.4) is 0 Å². The van der Waals surface area contributed by atoms with Gasteiger partial charge < -0.3 is 5.11 Å². The number of carbonyl (C=O) groups is 1. The summed E-state index contributed by atoms with van der Waals surface area (Å²) in [6.45, 7) is -0.183. The van der Waals surface area contributed by atoms with Crippen LogP contribution in [-0.4, -0.2) is 17.5 Å². The first kappa shape index (κ1) is 9.80. The van der Waals surface area contributed by atoms with Crippen molar-refractivity contribution in [2.75, 3.05) is 6.61 Å². The zero-order valence-corrected chi connectivity index (χ0v) is 8.84. The predicted octanol–water partition coefficient (Wildman–Crippen LogP) is 2.25. The molecule has 1 N–H and O–H groups in total. The Morgan fingerprint density at radius 3 is 2.93 bits per heavy atom. The van der Waals surface area contributed by atoms with Crippen molar-refractivity contribution in [2.45, 2.75) is 12.3 Å². The van der Waals surface area contributed by atoms with E-state index in [2.05, 4.69) is 15.9 Å². The van der Waals surface area contributed by atoms with E-state index in [0.717, 1.165) is 0 Å². The number of hydrogen-bond acceptors (Lipinski definition) is 2. The molecule has 74 valence electrons. The van der Waals surface area contributed by atoms with Crippen LogP contribution < -0.4 is 0 Å². The standard InChI is InChI=1S/C10H8BrFO2/c11-6-2-7-9(14)1-5(4-13)10(7)8(12)3-6/h2-3,5,13H,1,4H2/t5-/m1/s1.